The van der Waals surface area contributed by atoms with Crippen LogP contribution in [0.5, 0.6) is 5.75 Å². The third-order valence-electron chi connectivity index (χ3n) is 4.52. The molecule has 20 heavy (non-hydrogen) atoms. The Morgan fingerprint density at radius 3 is 3.00 bits per heavy atom. The summed E-state index contributed by atoms with van der Waals surface area (Å²) in [5.41, 5.74) is 1.34. The first-order chi connectivity index (χ1) is 9.80. The molecular weight excluding hydrogens is 250 g/mol. The lowest BCUT2D eigenvalue weighted by molar-refractivity contribution is -0.0767. The van der Waals surface area contributed by atoms with E-state index >= 15 is 0 Å². The fourth-order valence-corrected chi connectivity index (χ4v) is 3.60. The molecule has 1 saturated heterocycles. The van der Waals surface area contributed by atoms with Gasteiger partial charge in [0.05, 0.1) is 12.2 Å². The standard InChI is InChI=1S/C17H25NO2/c1-2-19-16-7-5-6-14(12-16)18-15-8-11-20-17(13-15)9-3-4-10-17/h5-7,12,15,18H,2-4,8-11,13H2,1H3. The average Bonchev–Trinajstić information content (AvgIpc) is 2.87. The van der Waals surface area contributed by atoms with Crippen molar-refractivity contribution in [3.63, 3.8) is 0 Å². The highest BCUT2D eigenvalue weighted by Gasteiger charge is 2.39. The Balaban J connectivity index is 1.63. The number of anilines is 1. The maximum Gasteiger partial charge on any atom is 0.121 e. The molecule has 1 aliphatic carbocycles. The molecule has 2 fully saturated rings. The van der Waals surface area contributed by atoms with Gasteiger partial charge in [-0.15, -0.1) is 0 Å². The molecule has 3 nitrogen and oxygen atoms in total. The van der Waals surface area contributed by atoms with E-state index in [0.29, 0.717) is 12.6 Å². The highest BCUT2D eigenvalue weighted by molar-refractivity contribution is 5.49. The minimum Gasteiger partial charge on any atom is -0.494 e. The third kappa shape index (κ3) is 3.09. The first-order valence-corrected chi connectivity index (χ1v) is 7.93. The molecule has 1 unspecified atom stereocenters. The normalized spacial score (nSPS) is 24.8. The summed E-state index contributed by atoms with van der Waals surface area (Å²) in [7, 11) is 0. The molecule has 1 atom stereocenters. The van der Waals surface area contributed by atoms with Crippen molar-refractivity contribution in [2.24, 2.45) is 0 Å². The minimum atomic E-state index is 0.174. The Bertz CT molecular complexity index is 440. The summed E-state index contributed by atoms with van der Waals surface area (Å²) in [6.45, 7) is 3.62. The molecule has 0 bridgehead atoms. The van der Waals surface area contributed by atoms with Gasteiger partial charge >= 0.3 is 0 Å². The van der Waals surface area contributed by atoms with Gasteiger partial charge in [-0.1, -0.05) is 18.9 Å². The van der Waals surface area contributed by atoms with Gasteiger partial charge in [0.2, 0.25) is 0 Å². The monoisotopic (exact) mass is 275 g/mol. The Morgan fingerprint density at radius 2 is 2.20 bits per heavy atom. The van der Waals surface area contributed by atoms with Crippen molar-refractivity contribution in [1.82, 2.24) is 0 Å². The number of hydrogen-bond donors (Lipinski definition) is 1. The molecule has 0 aromatic heterocycles. The second-order valence-electron chi connectivity index (χ2n) is 6.03. The third-order valence-corrected chi connectivity index (χ3v) is 4.52. The van der Waals surface area contributed by atoms with Crippen LogP contribution < -0.4 is 10.1 Å². The molecule has 0 radical (unpaired) electrons. The van der Waals surface area contributed by atoms with Crippen molar-refractivity contribution in [3.05, 3.63) is 24.3 Å². The second-order valence-corrected chi connectivity index (χ2v) is 6.03. The second kappa shape index (κ2) is 6.04. The van der Waals surface area contributed by atoms with Gasteiger partial charge in [0.1, 0.15) is 5.75 Å². The molecule has 1 aliphatic heterocycles. The number of nitrogens with one attached hydrogen (secondary N) is 1. The summed E-state index contributed by atoms with van der Waals surface area (Å²) in [4.78, 5) is 0. The molecular formula is C17H25NO2. The molecule has 1 heterocycles. The van der Waals surface area contributed by atoms with E-state index in [9.17, 15) is 0 Å². The van der Waals surface area contributed by atoms with Crippen LogP contribution in [0.15, 0.2) is 24.3 Å². The van der Waals surface area contributed by atoms with Crippen molar-refractivity contribution in [2.45, 2.75) is 57.1 Å². The first-order valence-electron chi connectivity index (χ1n) is 7.93. The zero-order valence-electron chi connectivity index (χ0n) is 12.4. The number of ether oxygens (including phenoxy) is 2. The van der Waals surface area contributed by atoms with Crippen LogP contribution in [0.1, 0.15) is 45.4 Å². The molecule has 1 spiro atoms. The lowest BCUT2D eigenvalue weighted by Gasteiger charge is -2.39. The van der Waals surface area contributed by atoms with Crippen molar-refractivity contribution < 1.29 is 9.47 Å². The van der Waals surface area contributed by atoms with Gasteiger partial charge in [-0.25, -0.2) is 0 Å². The van der Waals surface area contributed by atoms with Gasteiger partial charge in [0.15, 0.2) is 0 Å². The van der Waals surface area contributed by atoms with Crippen LogP contribution in [0, 0.1) is 0 Å². The van der Waals surface area contributed by atoms with Gasteiger partial charge in [0, 0.05) is 24.4 Å². The van der Waals surface area contributed by atoms with Crippen LogP contribution in [0.4, 0.5) is 5.69 Å². The minimum absolute atomic E-state index is 0.174. The van der Waals surface area contributed by atoms with Crippen LogP contribution >= 0.6 is 0 Å². The Morgan fingerprint density at radius 1 is 1.35 bits per heavy atom. The van der Waals surface area contributed by atoms with E-state index < -0.39 is 0 Å². The average molecular weight is 275 g/mol. The molecule has 1 aromatic carbocycles. The van der Waals surface area contributed by atoms with E-state index in [0.717, 1.165) is 30.9 Å². The van der Waals surface area contributed by atoms with Crippen LogP contribution in [0.3, 0.4) is 0 Å². The van der Waals surface area contributed by atoms with Gasteiger partial charge < -0.3 is 14.8 Å². The topological polar surface area (TPSA) is 30.5 Å². The maximum atomic E-state index is 6.09. The van der Waals surface area contributed by atoms with Crippen LogP contribution in [0.25, 0.3) is 0 Å². The van der Waals surface area contributed by atoms with Crippen molar-refractivity contribution in [1.29, 1.82) is 0 Å². The predicted octanol–water partition coefficient (Wildman–Crippen LogP) is 3.99. The number of rotatable bonds is 4. The Hall–Kier alpha value is -1.22. The van der Waals surface area contributed by atoms with Gasteiger partial charge in [-0.2, -0.15) is 0 Å². The summed E-state index contributed by atoms with van der Waals surface area (Å²) >= 11 is 0. The fourth-order valence-electron chi connectivity index (χ4n) is 3.60. The Labute approximate surface area is 121 Å². The summed E-state index contributed by atoms with van der Waals surface area (Å²) in [6.07, 6.45) is 7.37. The van der Waals surface area contributed by atoms with Gasteiger partial charge in [0.25, 0.3) is 0 Å². The Kier molecular flexibility index (Phi) is 4.16. The molecule has 1 aromatic rings. The fraction of sp³-hybridized carbons (Fsp3) is 0.647. The van der Waals surface area contributed by atoms with Crippen LogP contribution in [0.2, 0.25) is 0 Å². The molecule has 110 valence electrons. The summed E-state index contributed by atoms with van der Waals surface area (Å²) in [5.74, 6) is 0.945. The first kappa shape index (κ1) is 13.7. The SMILES string of the molecule is CCOc1cccc(NC2CCOC3(CCCC3)C2)c1. The van der Waals surface area contributed by atoms with E-state index in [1.54, 1.807) is 0 Å². The van der Waals surface area contributed by atoms with Crippen molar-refractivity contribution in [2.75, 3.05) is 18.5 Å². The number of benzene rings is 1. The molecule has 3 heteroatoms. The lowest BCUT2D eigenvalue weighted by atomic mass is 9.89. The highest BCUT2D eigenvalue weighted by Crippen LogP contribution is 2.40. The molecule has 3 rings (SSSR count). The smallest absolute Gasteiger partial charge is 0.121 e. The lowest BCUT2D eigenvalue weighted by Crippen LogP contribution is -2.42. The molecule has 1 N–H and O–H groups in total. The highest BCUT2D eigenvalue weighted by atomic mass is 16.5. The molecule has 1 saturated carbocycles. The van der Waals surface area contributed by atoms with E-state index in [4.69, 9.17) is 9.47 Å². The van der Waals surface area contributed by atoms with Gasteiger partial charge in [-0.05, 0) is 44.7 Å². The van der Waals surface area contributed by atoms with E-state index in [1.165, 1.54) is 25.7 Å². The van der Waals surface area contributed by atoms with E-state index in [2.05, 4.69) is 23.5 Å². The number of hydrogen-bond acceptors (Lipinski definition) is 3. The van der Waals surface area contributed by atoms with Crippen molar-refractivity contribution >= 4 is 5.69 Å². The zero-order valence-corrected chi connectivity index (χ0v) is 12.4. The van der Waals surface area contributed by atoms with E-state index in [-0.39, 0.29) is 5.60 Å². The summed E-state index contributed by atoms with van der Waals surface area (Å²) < 4.78 is 11.7. The van der Waals surface area contributed by atoms with Crippen molar-refractivity contribution in [3.8, 4) is 5.75 Å². The largest absolute Gasteiger partial charge is 0.494 e. The van der Waals surface area contributed by atoms with Crippen LogP contribution in [-0.4, -0.2) is 24.9 Å². The van der Waals surface area contributed by atoms with Gasteiger partial charge in [-0.3, -0.25) is 0 Å². The molecule has 0 amide bonds. The summed E-state index contributed by atoms with van der Waals surface area (Å²) in [6, 6.07) is 8.81. The predicted molar refractivity (Wildman–Crippen MR) is 81.4 cm³/mol. The van der Waals surface area contributed by atoms with Crippen LogP contribution in [-0.2, 0) is 4.74 Å². The maximum absolute atomic E-state index is 6.09. The summed E-state index contributed by atoms with van der Waals surface area (Å²) in [5, 5.41) is 3.67. The van der Waals surface area contributed by atoms with E-state index in [1.807, 2.05) is 13.0 Å². The molecule has 2 aliphatic rings. The zero-order chi connectivity index (χ0) is 13.8. The quantitative estimate of drug-likeness (QED) is 0.901.